The summed E-state index contributed by atoms with van der Waals surface area (Å²) in [6, 6.07) is 17.1. The number of nitrogens with one attached hydrogen (secondary N) is 3. The summed E-state index contributed by atoms with van der Waals surface area (Å²) in [6.45, 7) is 4.93. The zero-order valence-electron chi connectivity index (χ0n) is 20.7. The number of amides is 3. The van der Waals surface area contributed by atoms with Crippen LogP contribution in [0.4, 0.5) is 9.59 Å². The lowest BCUT2D eigenvalue weighted by molar-refractivity contribution is -0.147. The zero-order valence-corrected chi connectivity index (χ0v) is 20.7. The molecule has 10 nitrogen and oxygen atoms in total. The van der Waals surface area contributed by atoms with E-state index in [-0.39, 0.29) is 32.7 Å². The topological polar surface area (TPSA) is 132 Å². The van der Waals surface area contributed by atoms with Crippen molar-refractivity contribution in [2.24, 2.45) is 0 Å². The Balaban J connectivity index is 1.85. The molecule has 1 atom stereocenters. The molecule has 0 fully saturated rings. The summed E-state index contributed by atoms with van der Waals surface area (Å²) in [5.41, 5.74) is 0.896. The third-order valence-corrected chi connectivity index (χ3v) is 4.56. The average molecular weight is 500 g/mol. The zero-order chi connectivity index (χ0) is 26.4. The number of carbonyl (C=O) groups excluding carboxylic acids is 4. The molecule has 0 bridgehead atoms. The molecule has 194 valence electrons. The Kier molecular flexibility index (Phi) is 11.2. The molecule has 2 aromatic carbocycles. The van der Waals surface area contributed by atoms with Crippen LogP contribution in [0.5, 0.6) is 0 Å². The van der Waals surface area contributed by atoms with E-state index in [1.807, 2.05) is 48.5 Å². The minimum absolute atomic E-state index is 0.0308. The maximum Gasteiger partial charge on any atom is 0.408 e. The van der Waals surface area contributed by atoms with Crippen LogP contribution in [0, 0.1) is 0 Å². The molecule has 0 aliphatic carbocycles. The number of esters is 1. The highest BCUT2D eigenvalue weighted by atomic mass is 16.6. The van der Waals surface area contributed by atoms with Crippen LogP contribution in [-0.2, 0) is 37.0 Å². The first kappa shape index (κ1) is 28.2. The van der Waals surface area contributed by atoms with Crippen LogP contribution in [0.25, 0.3) is 0 Å². The highest BCUT2D eigenvalue weighted by molar-refractivity contribution is 5.83. The van der Waals surface area contributed by atoms with Gasteiger partial charge in [0.1, 0.15) is 24.9 Å². The van der Waals surface area contributed by atoms with Crippen LogP contribution >= 0.6 is 0 Å². The van der Waals surface area contributed by atoms with Crippen molar-refractivity contribution in [1.82, 2.24) is 16.0 Å². The van der Waals surface area contributed by atoms with Gasteiger partial charge in [-0.3, -0.25) is 4.79 Å². The van der Waals surface area contributed by atoms with E-state index in [0.29, 0.717) is 0 Å². The number of hydrogen-bond donors (Lipinski definition) is 3. The molecule has 0 aromatic heterocycles. The first-order chi connectivity index (χ1) is 17.1. The number of hydrogen-bond acceptors (Lipinski definition) is 7. The van der Waals surface area contributed by atoms with Crippen LogP contribution in [-0.4, -0.2) is 48.8 Å². The van der Waals surface area contributed by atoms with E-state index in [2.05, 4.69) is 16.0 Å². The van der Waals surface area contributed by atoms with Gasteiger partial charge in [0.05, 0.1) is 6.54 Å². The minimum atomic E-state index is -1.06. The molecule has 2 rings (SSSR count). The first-order valence-electron chi connectivity index (χ1n) is 11.5. The Labute approximate surface area is 210 Å². The summed E-state index contributed by atoms with van der Waals surface area (Å²) < 4.78 is 15.6. The van der Waals surface area contributed by atoms with Gasteiger partial charge in [-0.15, -0.1) is 0 Å². The molecular formula is C26H33N3O7. The van der Waals surface area contributed by atoms with Gasteiger partial charge in [0.15, 0.2) is 0 Å². The molecule has 0 spiro atoms. The molecule has 3 N–H and O–H groups in total. The number of benzene rings is 2. The molecule has 0 aliphatic heterocycles. The lowest BCUT2D eigenvalue weighted by Gasteiger charge is -2.20. The summed E-state index contributed by atoms with van der Waals surface area (Å²) in [7, 11) is 0. The molecule has 3 amide bonds. The SMILES string of the molecule is CC(C)(C)OC(=O)NCC(=O)NCC[C@H](NC(=O)OCc1ccccc1)C(=O)OCc1ccccc1. The standard InChI is InChI=1S/C26H33N3O7/c1-26(2,3)36-24(32)28-16-22(30)27-15-14-21(23(31)34-17-19-10-6-4-7-11-19)29-25(33)35-18-20-12-8-5-9-13-20/h4-13,21H,14-18H2,1-3H3,(H,27,30)(H,28,32)(H,29,33)/t21-/m0/s1. The lowest BCUT2D eigenvalue weighted by atomic mass is 10.2. The van der Waals surface area contributed by atoms with Gasteiger partial charge in [0.2, 0.25) is 5.91 Å². The van der Waals surface area contributed by atoms with Gasteiger partial charge in [0, 0.05) is 6.54 Å². The maximum atomic E-state index is 12.7. The van der Waals surface area contributed by atoms with Crippen molar-refractivity contribution < 1.29 is 33.4 Å². The molecule has 10 heteroatoms. The molecule has 2 aromatic rings. The van der Waals surface area contributed by atoms with Gasteiger partial charge in [0.25, 0.3) is 0 Å². The van der Waals surface area contributed by atoms with Gasteiger partial charge in [-0.05, 0) is 38.3 Å². The Morgan fingerprint density at radius 2 is 1.33 bits per heavy atom. The van der Waals surface area contributed by atoms with Crippen molar-refractivity contribution in [1.29, 1.82) is 0 Å². The third-order valence-electron chi connectivity index (χ3n) is 4.56. The third kappa shape index (κ3) is 11.9. The predicted octanol–water partition coefficient (Wildman–Crippen LogP) is 3.06. The van der Waals surface area contributed by atoms with Gasteiger partial charge in [-0.1, -0.05) is 60.7 Å². The van der Waals surface area contributed by atoms with Crippen molar-refractivity contribution in [3.05, 3.63) is 71.8 Å². The number of carbonyl (C=O) groups is 4. The van der Waals surface area contributed by atoms with Crippen molar-refractivity contribution in [3.63, 3.8) is 0 Å². The first-order valence-corrected chi connectivity index (χ1v) is 11.5. The highest BCUT2D eigenvalue weighted by Gasteiger charge is 2.23. The number of ether oxygens (including phenoxy) is 3. The fourth-order valence-electron chi connectivity index (χ4n) is 2.87. The van der Waals surface area contributed by atoms with E-state index >= 15 is 0 Å². The summed E-state index contributed by atoms with van der Waals surface area (Å²) in [5, 5.41) is 7.43. The molecule has 0 radical (unpaired) electrons. The van der Waals surface area contributed by atoms with Crippen LogP contribution in [0.3, 0.4) is 0 Å². The number of alkyl carbamates (subject to hydrolysis) is 2. The second kappa shape index (κ2) is 14.3. The molecular weight excluding hydrogens is 466 g/mol. The summed E-state index contributed by atoms with van der Waals surface area (Å²) in [5.74, 6) is -1.15. The molecule has 0 saturated heterocycles. The van der Waals surface area contributed by atoms with Gasteiger partial charge in [-0.25, -0.2) is 14.4 Å². The quantitative estimate of drug-likeness (QED) is 0.320. The van der Waals surface area contributed by atoms with E-state index in [1.54, 1.807) is 32.9 Å². The minimum Gasteiger partial charge on any atom is -0.459 e. The van der Waals surface area contributed by atoms with Crippen LogP contribution in [0.2, 0.25) is 0 Å². The molecule has 36 heavy (non-hydrogen) atoms. The van der Waals surface area contributed by atoms with Crippen molar-refractivity contribution >= 4 is 24.1 Å². The molecule has 0 unspecified atom stereocenters. The average Bonchev–Trinajstić information content (AvgIpc) is 2.84. The highest BCUT2D eigenvalue weighted by Crippen LogP contribution is 2.07. The summed E-state index contributed by atoms with van der Waals surface area (Å²) in [4.78, 5) is 48.7. The predicted molar refractivity (Wildman–Crippen MR) is 132 cm³/mol. The lowest BCUT2D eigenvalue weighted by Crippen LogP contribution is -2.45. The second-order valence-corrected chi connectivity index (χ2v) is 8.85. The van der Waals surface area contributed by atoms with Crippen LogP contribution in [0.15, 0.2) is 60.7 Å². The molecule has 0 heterocycles. The largest absolute Gasteiger partial charge is 0.459 e. The van der Waals surface area contributed by atoms with Gasteiger partial charge < -0.3 is 30.2 Å². The molecule has 0 aliphatic rings. The fourth-order valence-corrected chi connectivity index (χ4v) is 2.87. The smallest absolute Gasteiger partial charge is 0.408 e. The Bertz CT molecular complexity index is 992. The summed E-state index contributed by atoms with van der Waals surface area (Å²) >= 11 is 0. The van der Waals surface area contributed by atoms with E-state index in [1.165, 1.54) is 0 Å². The van der Waals surface area contributed by atoms with E-state index in [0.717, 1.165) is 11.1 Å². The van der Waals surface area contributed by atoms with Gasteiger partial charge in [-0.2, -0.15) is 0 Å². The van der Waals surface area contributed by atoms with Gasteiger partial charge >= 0.3 is 18.2 Å². The van der Waals surface area contributed by atoms with Crippen molar-refractivity contribution in [3.8, 4) is 0 Å². The fraction of sp³-hybridized carbons (Fsp3) is 0.385. The van der Waals surface area contributed by atoms with E-state index in [9.17, 15) is 19.2 Å². The van der Waals surface area contributed by atoms with Crippen molar-refractivity contribution in [2.45, 2.75) is 52.0 Å². The van der Waals surface area contributed by atoms with Crippen LogP contribution in [0.1, 0.15) is 38.3 Å². The Morgan fingerprint density at radius 1 is 0.778 bits per heavy atom. The van der Waals surface area contributed by atoms with E-state index < -0.39 is 35.7 Å². The van der Waals surface area contributed by atoms with Crippen LogP contribution < -0.4 is 16.0 Å². The maximum absolute atomic E-state index is 12.7. The van der Waals surface area contributed by atoms with Crippen molar-refractivity contribution in [2.75, 3.05) is 13.1 Å². The Hall–Kier alpha value is -4.08. The Morgan fingerprint density at radius 3 is 1.89 bits per heavy atom. The second-order valence-electron chi connectivity index (χ2n) is 8.85. The van der Waals surface area contributed by atoms with E-state index in [4.69, 9.17) is 14.2 Å². The normalized spacial score (nSPS) is 11.5. The number of rotatable bonds is 11. The molecule has 0 saturated carbocycles. The monoisotopic (exact) mass is 499 g/mol. The summed E-state index contributed by atoms with van der Waals surface area (Å²) in [6.07, 6.45) is -1.46.